The van der Waals surface area contributed by atoms with E-state index in [1.165, 1.54) is 24.8 Å². The minimum absolute atomic E-state index is 0.271. The van der Waals surface area contributed by atoms with Crippen molar-refractivity contribution in [1.82, 2.24) is 15.2 Å². The molecule has 0 atom stereocenters. The van der Waals surface area contributed by atoms with E-state index in [0.717, 1.165) is 26.2 Å². The van der Waals surface area contributed by atoms with Crippen LogP contribution in [0.25, 0.3) is 0 Å². The van der Waals surface area contributed by atoms with Crippen LogP contribution in [-0.2, 0) is 6.54 Å². The molecule has 1 saturated heterocycles. The Bertz CT molecular complexity index is 418. The topological polar surface area (TPSA) is 37.4 Å². The highest BCUT2D eigenvalue weighted by atomic mass is 16.5. The normalized spacial score (nSPS) is 19.6. The summed E-state index contributed by atoms with van der Waals surface area (Å²) in [5.41, 5.74) is 1.55. The number of pyridine rings is 1. The summed E-state index contributed by atoms with van der Waals surface area (Å²) in [6, 6.07) is 4.12. The van der Waals surface area contributed by atoms with E-state index in [1.54, 1.807) is 7.11 Å². The molecular formula is C16H27N3O. The summed E-state index contributed by atoms with van der Waals surface area (Å²) < 4.78 is 5.21. The predicted molar refractivity (Wildman–Crippen MR) is 82.0 cm³/mol. The second-order valence-corrected chi connectivity index (χ2v) is 5.68. The van der Waals surface area contributed by atoms with Crippen molar-refractivity contribution in [2.45, 2.75) is 45.2 Å². The van der Waals surface area contributed by atoms with Crippen molar-refractivity contribution in [3.63, 3.8) is 0 Å². The summed E-state index contributed by atoms with van der Waals surface area (Å²) in [5, 5.41) is 3.75. The quantitative estimate of drug-likeness (QED) is 0.897. The molecule has 1 fully saturated rings. The number of hydrogen-bond acceptors (Lipinski definition) is 4. The molecule has 0 spiro atoms. The maximum atomic E-state index is 5.21. The van der Waals surface area contributed by atoms with E-state index in [0.29, 0.717) is 5.88 Å². The van der Waals surface area contributed by atoms with Gasteiger partial charge >= 0.3 is 0 Å². The van der Waals surface area contributed by atoms with E-state index in [2.05, 4.69) is 35.1 Å². The second-order valence-electron chi connectivity index (χ2n) is 5.68. The van der Waals surface area contributed by atoms with E-state index < -0.39 is 0 Å². The minimum Gasteiger partial charge on any atom is -0.481 e. The van der Waals surface area contributed by atoms with Gasteiger partial charge in [0.15, 0.2) is 0 Å². The molecule has 2 rings (SSSR count). The van der Waals surface area contributed by atoms with Gasteiger partial charge < -0.3 is 10.1 Å². The van der Waals surface area contributed by atoms with Crippen LogP contribution in [0.2, 0.25) is 0 Å². The van der Waals surface area contributed by atoms with Gasteiger partial charge in [-0.1, -0.05) is 13.8 Å². The Kier molecular flexibility index (Phi) is 5.38. The molecule has 20 heavy (non-hydrogen) atoms. The monoisotopic (exact) mass is 277 g/mol. The largest absolute Gasteiger partial charge is 0.481 e. The lowest BCUT2D eigenvalue weighted by atomic mass is 9.92. The molecule has 4 heteroatoms. The summed E-state index contributed by atoms with van der Waals surface area (Å²) in [6.45, 7) is 8.94. The molecule has 0 radical (unpaired) electrons. The number of rotatable bonds is 5. The lowest BCUT2D eigenvalue weighted by Gasteiger charge is -2.35. The van der Waals surface area contributed by atoms with Crippen molar-refractivity contribution < 1.29 is 4.74 Å². The fourth-order valence-corrected chi connectivity index (χ4v) is 3.00. The standard InChI is InChI=1S/C16H27N3O/c1-4-16(5-2)13-19(10-6-8-18-16)12-14-7-9-17-15(11-14)20-3/h7,9,11,18H,4-6,8,10,12-13H2,1-3H3. The fraction of sp³-hybridized carbons (Fsp3) is 0.688. The molecule has 0 aliphatic carbocycles. The number of nitrogens with one attached hydrogen (secondary N) is 1. The maximum Gasteiger partial charge on any atom is 0.213 e. The molecule has 4 nitrogen and oxygen atoms in total. The highest BCUT2D eigenvalue weighted by Crippen LogP contribution is 2.21. The highest BCUT2D eigenvalue weighted by Gasteiger charge is 2.30. The molecule has 112 valence electrons. The summed E-state index contributed by atoms with van der Waals surface area (Å²) in [6.07, 6.45) is 5.40. The average molecular weight is 277 g/mol. The van der Waals surface area contributed by atoms with E-state index >= 15 is 0 Å². The molecule has 1 aromatic rings. The Morgan fingerprint density at radius 1 is 1.40 bits per heavy atom. The van der Waals surface area contributed by atoms with Crippen LogP contribution >= 0.6 is 0 Å². The first-order valence-electron chi connectivity index (χ1n) is 7.67. The van der Waals surface area contributed by atoms with E-state index in [9.17, 15) is 0 Å². The van der Waals surface area contributed by atoms with E-state index in [4.69, 9.17) is 4.74 Å². The second kappa shape index (κ2) is 7.04. The van der Waals surface area contributed by atoms with Gasteiger partial charge in [-0.3, -0.25) is 4.90 Å². The number of aromatic nitrogens is 1. The van der Waals surface area contributed by atoms with Gasteiger partial charge in [-0.2, -0.15) is 0 Å². The van der Waals surface area contributed by atoms with Gasteiger partial charge in [0, 0.05) is 30.9 Å². The van der Waals surface area contributed by atoms with Crippen LogP contribution in [0.5, 0.6) is 5.88 Å². The fourth-order valence-electron chi connectivity index (χ4n) is 3.00. The Hall–Kier alpha value is -1.13. The summed E-state index contributed by atoms with van der Waals surface area (Å²) in [4.78, 5) is 6.73. The van der Waals surface area contributed by atoms with Gasteiger partial charge in [0.2, 0.25) is 5.88 Å². The average Bonchev–Trinajstić information content (AvgIpc) is 2.70. The van der Waals surface area contributed by atoms with Gasteiger partial charge in [-0.05, 0) is 44.0 Å². The molecule has 1 aliphatic rings. The molecular weight excluding hydrogens is 250 g/mol. The summed E-state index contributed by atoms with van der Waals surface area (Å²) in [7, 11) is 1.67. The third kappa shape index (κ3) is 3.70. The number of methoxy groups -OCH3 is 1. The molecule has 0 aromatic carbocycles. The first-order chi connectivity index (χ1) is 9.71. The van der Waals surface area contributed by atoms with Crippen molar-refractivity contribution in [1.29, 1.82) is 0 Å². The van der Waals surface area contributed by atoms with Crippen LogP contribution in [0.3, 0.4) is 0 Å². The van der Waals surface area contributed by atoms with Crippen molar-refractivity contribution in [2.75, 3.05) is 26.7 Å². The summed E-state index contributed by atoms with van der Waals surface area (Å²) in [5.74, 6) is 0.702. The molecule has 0 unspecified atom stereocenters. The van der Waals surface area contributed by atoms with Crippen LogP contribution in [0.1, 0.15) is 38.7 Å². The molecule has 2 heterocycles. The maximum absolute atomic E-state index is 5.21. The molecule has 1 aliphatic heterocycles. The molecule has 1 N–H and O–H groups in total. The number of nitrogens with zero attached hydrogens (tertiary/aromatic N) is 2. The first kappa shape index (κ1) is 15.3. The van der Waals surface area contributed by atoms with E-state index in [-0.39, 0.29) is 5.54 Å². The van der Waals surface area contributed by atoms with Crippen LogP contribution in [0, 0.1) is 0 Å². The Balaban J connectivity index is 2.06. The molecule has 0 saturated carbocycles. The van der Waals surface area contributed by atoms with Crippen molar-refractivity contribution in [2.24, 2.45) is 0 Å². The smallest absolute Gasteiger partial charge is 0.213 e. The zero-order valence-corrected chi connectivity index (χ0v) is 13.0. The SMILES string of the molecule is CCC1(CC)CN(Cc2ccnc(OC)c2)CCCN1. The third-order valence-electron chi connectivity index (χ3n) is 4.45. The zero-order valence-electron chi connectivity index (χ0n) is 13.0. The zero-order chi connectivity index (χ0) is 14.4. The van der Waals surface area contributed by atoms with Crippen molar-refractivity contribution >= 4 is 0 Å². The van der Waals surface area contributed by atoms with Crippen LogP contribution in [-0.4, -0.2) is 42.2 Å². The highest BCUT2D eigenvalue weighted by molar-refractivity contribution is 5.20. The van der Waals surface area contributed by atoms with Gasteiger partial charge in [-0.25, -0.2) is 4.98 Å². The van der Waals surface area contributed by atoms with Crippen LogP contribution in [0.15, 0.2) is 18.3 Å². The van der Waals surface area contributed by atoms with Gasteiger partial charge in [0.05, 0.1) is 7.11 Å². The predicted octanol–water partition coefficient (Wildman–Crippen LogP) is 2.44. The Morgan fingerprint density at radius 2 is 2.20 bits per heavy atom. The van der Waals surface area contributed by atoms with Gasteiger partial charge in [-0.15, -0.1) is 0 Å². The van der Waals surface area contributed by atoms with Crippen LogP contribution in [0.4, 0.5) is 0 Å². The van der Waals surface area contributed by atoms with Crippen molar-refractivity contribution in [3.8, 4) is 5.88 Å². The molecule has 1 aromatic heterocycles. The van der Waals surface area contributed by atoms with Gasteiger partial charge in [0.1, 0.15) is 0 Å². The first-order valence-corrected chi connectivity index (χ1v) is 7.67. The minimum atomic E-state index is 0.271. The van der Waals surface area contributed by atoms with Crippen molar-refractivity contribution in [3.05, 3.63) is 23.9 Å². The Morgan fingerprint density at radius 3 is 2.90 bits per heavy atom. The van der Waals surface area contributed by atoms with E-state index in [1.807, 2.05) is 12.3 Å². The lowest BCUT2D eigenvalue weighted by molar-refractivity contribution is 0.191. The number of hydrogen-bond donors (Lipinski definition) is 1. The molecule has 0 bridgehead atoms. The van der Waals surface area contributed by atoms with Crippen LogP contribution < -0.4 is 10.1 Å². The lowest BCUT2D eigenvalue weighted by Crippen LogP contribution is -2.50. The number of ether oxygens (including phenoxy) is 1. The Labute approximate surface area is 122 Å². The summed E-state index contributed by atoms with van der Waals surface area (Å²) >= 11 is 0. The van der Waals surface area contributed by atoms with Gasteiger partial charge in [0.25, 0.3) is 0 Å². The third-order valence-corrected chi connectivity index (χ3v) is 4.45. The molecule has 0 amide bonds.